The first-order valence-corrected chi connectivity index (χ1v) is 4.84. The molecule has 0 aromatic heterocycles. The van der Waals surface area contributed by atoms with Gasteiger partial charge in [0.2, 0.25) is 0 Å². The van der Waals surface area contributed by atoms with Gasteiger partial charge in [0.1, 0.15) is 0 Å². The van der Waals surface area contributed by atoms with Gasteiger partial charge in [0.15, 0.2) is 0 Å². The molecule has 1 unspecified atom stereocenters. The maximum Gasteiger partial charge on any atom is 0.407 e. The highest BCUT2D eigenvalue weighted by Crippen LogP contribution is 2.19. The van der Waals surface area contributed by atoms with Gasteiger partial charge >= 0.3 is 6.09 Å². The molecule has 1 fully saturated rings. The van der Waals surface area contributed by atoms with E-state index in [9.17, 15) is 4.79 Å². The van der Waals surface area contributed by atoms with E-state index in [0.29, 0.717) is 12.4 Å². The van der Waals surface area contributed by atoms with Crippen LogP contribution < -0.4 is 0 Å². The highest BCUT2D eigenvalue weighted by Gasteiger charge is 2.25. The number of amides is 1. The number of nitrogens with zero attached hydrogens (tertiary/aromatic N) is 1. The van der Waals surface area contributed by atoms with Crippen molar-refractivity contribution in [2.75, 3.05) is 12.4 Å². The van der Waals surface area contributed by atoms with Gasteiger partial charge in [0.05, 0.1) is 0 Å². The van der Waals surface area contributed by atoms with E-state index < -0.39 is 6.09 Å². The van der Waals surface area contributed by atoms with Crippen molar-refractivity contribution >= 4 is 17.7 Å². The molecule has 1 aliphatic rings. The van der Waals surface area contributed by atoms with Crippen LogP contribution in [-0.2, 0) is 0 Å². The summed E-state index contributed by atoms with van der Waals surface area (Å²) in [5.74, 6) is 0.550. The lowest BCUT2D eigenvalue weighted by Gasteiger charge is -2.33. The highest BCUT2D eigenvalue weighted by atomic mass is 35.5. The SMILES string of the molecule is O=C(O)N1CCCCC1CCCl. The zero-order valence-electron chi connectivity index (χ0n) is 7.00. The van der Waals surface area contributed by atoms with Crippen molar-refractivity contribution < 1.29 is 9.90 Å². The second kappa shape index (κ2) is 4.55. The molecule has 3 nitrogen and oxygen atoms in total. The van der Waals surface area contributed by atoms with Crippen LogP contribution in [0.25, 0.3) is 0 Å². The minimum Gasteiger partial charge on any atom is -0.465 e. The first-order chi connectivity index (χ1) is 5.75. The number of likely N-dealkylation sites (tertiary alicyclic amines) is 1. The molecular weight excluding hydrogens is 178 g/mol. The first kappa shape index (κ1) is 9.65. The van der Waals surface area contributed by atoms with Gasteiger partial charge in [0, 0.05) is 18.5 Å². The molecule has 1 aliphatic heterocycles. The molecule has 1 saturated heterocycles. The van der Waals surface area contributed by atoms with E-state index in [0.717, 1.165) is 25.7 Å². The summed E-state index contributed by atoms with van der Waals surface area (Å²) in [6, 6.07) is 0.161. The van der Waals surface area contributed by atoms with E-state index in [-0.39, 0.29) is 6.04 Å². The molecule has 1 amide bonds. The molecular formula is C8H14ClNO2. The summed E-state index contributed by atoms with van der Waals surface area (Å²) in [6.45, 7) is 0.677. The Labute approximate surface area is 77.3 Å². The smallest absolute Gasteiger partial charge is 0.407 e. The molecule has 0 aromatic rings. The van der Waals surface area contributed by atoms with Crippen LogP contribution in [0.5, 0.6) is 0 Å². The Kier molecular flexibility index (Phi) is 3.66. The van der Waals surface area contributed by atoms with Gasteiger partial charge in [-0.05, 0) is 25.7 Å². The van der Waals surface area contributed by atoms with Crippen molar-refractivity contribution in [2.45, 2.75) is 31.7 Å². The number of carbonyl (C=O) groups is 1. The number of hydrogen-bond donors (Lipinski definition) is 1. The Morgan fingerprint density at radius 1 is 1.58 bits per heavy atom. The van der Waals surface area contributed by atoms with E-state index in [1.807, 2.05) is 0 Å². The number of rotatable bonds is 2. The lowest BCUT2D eigenvalue weighted by atomic mass is 10.0. The molecule has 1 rings (SSSR count). The first-order valence-electron chi connectivity index (χ1n) is 4.31. The van der Waals surface area contributed by atoms with Crippen LogP contribution in [0.1, 0.15) is 25.7 Å². The van der Waals surface area contributed by atoms with Crippen LogP contribution >= 0.6 is 11.6 Å². The molecule has 0 spiro atoms. The second-order valence-corrected chi connectivity index (χ2v) is 3.48. The Balaban J connectivity index is 2.48. The quantitative estimate of drug-likeness (QED) is 0.680. The minimum absolute atomic E-state index is 0.161. The minimum atomic E-state index is -0.801. The topological polar surface area (TPSA) is 40.5 Å². The zero-order valence-corrected chi connectivity index (χ0v) is 7.76. The summed E-state index contributed by atoms with van der Waals surface area (Å²) in [5, 5.41) is 8.82. The molecule has 70 valence electrons. The number of alkyl halides is 1. The van der Waals surface area contributed by atoms with Crippen molar-refractivity contribution in [3.8, 4) is 0 Å². The van der Waals surface area contributed by atoms with Gasteiger partial charge < -0.3 is 10.0 Å². The molecule has 1 atom stereocenters. The van der Waals surface area contributed by atoms with Crippen LogP contribution in [-0.4, -0.2) is 34.6 Å². The van der Waals surface area contributed by atoms with E-state index in [2.05, 4.69) is 0 Å². The summed E-state index contributed by atoms with van der Waals surface area (Å²) < 4.78 is 0. The maximum atomic E-state index is 10.7. The third-order valence-corrected chi connectivity index (χ3v) is 2.53. The maximum absolute atomic E-state index is 10.7. The summed E-state index contributed by atoms with van der Waals surface area (Å²) in [6.07, 6.45) is 3.08. The predicted molar refractivity (Wildman–Crippen MR) is 47.7 cm³/mol. The lowest BCUT2D eigenvalue weighted by molar-refractivity contribution is 0.105. The average Bonchev–Trinajstić information content (AvgIpc) is 2.05. The van der Waals surface area contributed by atoms with E-state index in [1.54, 1.807) is 0 Å². The summed E-state index contributed by atoms with van der Waals surface area (Å²) in [7, 11) is 0. The highest BCUT2D eigenvalue weighted by molar-refractivity contribution is 6.17. The fraction of sp³-hybridized carbons (Fsp3) is 0.875. The molecule has 0 aromatic carbocycles. The Hall–Kier alpha value is -0.440. The number of halogens is 1. The van der Waals surface area contributed by atoms with Gasteiger partial charge in [0.25, 0.3) is 0 Å². The average molecular weight is 192 g/mol. The Bertz CT molecular complexity index is 161. The van der Waals surface area contributed by atoms with Gasteiger partial charge in [-0.25, -0.2) is 4.79 Å². The molecule has 0 aliphatic carbocycles. The summed E-state index contributed by atoms with van der Waals surface area (Å²) >= 11 is 5.59. The summed E-state index contributed by atoms with van der Waals surface area (Å²) in [4.78, 5) is 12.2. The van der Waals surface area contributed by atoms with Crippen molar-refractivity contribution in [3.63, 3.8) is 0 Å². The lowest BCUT2D eigenvalue weighted by Crippen LogP contribution is -2.43. The van der Waals surface area contributed by atoms with Crippen molar-refractivity contribution in [1.82, 2.24) is 4.90 Å². The van der Waals surface area contributed by atoms with E-state index in [4.69, 9.17) is 16.7 Å². The number of carboxylic acid groups (broad SMARTS) is 1. The third-order valence-electron chi connectivity index (χ3n) is 2.32. The molecule has 0 radical (unpaired) electrons. The Morgan fingerprint density at radius 3 is 2.92 bits per heavy atom. The van der Waals surface area contributed by atoms with E-state index in [1.165, 1.54) is 4.90 Å². The fourth-order valence-electron chi connectivity index (χ4n) is 1.68. The second-order valence-electron chi connectivity index (χ2n) is 3.10. The van der Waals surface area contributed by atoms with Crippen LogP contribution in [0.4, 0.5) is 4.79 Å². The monoisotopic (exact) mass is 191 g/mol. The third kappa shape index (κ3) is 2.27. The predicted octanol–water partition coefficient (Wildman–Crippen LogP) is 2.15. The largest absolute Gasteiger partial charge is 0.465 e. The molecule has 1 heterocycles. The molecule has 1 N–H and O–H groups in total. The van der Waals surface area contributed by atoms with Gasteiger partial charge in [-0.1, -0.05) is 0 Å². The van der Waals surface area contributed by atoms with Crippen molar-refractivity contribution in [1.29, 1.82) is 0 Å². The standard InChI is InChI=1S/C8H14ClNO2/c9-5-4-7-3-1-2-6-10(7)8(11)12/h7H,1-6H2,(H,11,12). The van der Waals surface area contributed by atoms with Gasteiger partial charge in [-0.15, -0.1) is 11.6 Å². The normalized spacial score (nSPS) is 24.1. The van der Waals surface area contributed by atoms with Crippen LogP contribution in [0, 0.1) is 0 Å². The van der Waals surface area contributed by atoms with E-state index >= 15 is 0 Å². The number of hydrogen-bond acceptors (Lipinski definition) is 1. The summed E-state index contributed by atoms with van der Waals surface area (Å²) in [5.41, 5.74) is 0. The van der Waals surface area contributed by atoms with Crippen LogP contribution in [0.3, 0.4) is 0 Å². The van der Waals surface area contributed by atoms with Crippen molar-refractivity contribution in [2.24, 2.45) is 0 Å². The van der Waals surface area contributed by atoms with Gasteiger partial charge in [-0.3, -0.25) is 0 Å². The van der Waals surface area contributed by atoms with Crippen molar-refractivity contribution in [3.05, 3.63) is 0 Å². The van der Waals surface area contributed by atoms with Crippen LogP contribution in [0.15, 0.2) is 0 Å². The van der Waals surface area contributed by atoms with Crippen LogP contribution in [0.2, 0.25) is 0 Å². The molecule has 12 heavy (non-hydrogen) atoms. The molecule has 0 bridgehead atoms. The zero-order chi connectivity index (χ0) is 8.97. The molecule has 4 heteroatoms. The number of piperidine rings is 1. The Morgan fingerprint density at radius 2 is 2.33 bits per heavy atom. The molecule has 0 saturated carbocycles. The fourth-order valence-corrected chi connectivity index (χ4v) is 1.93. The van der Waals surface area contributed by atoms with Gasteiger partial charge in [-0.2, -0.15) is 0 Å².